The predicted molar refractivity (Wildman–Crippen MR) is 120 cm³/mol. The number of rotatable bonds is 3. The van der Waals surface area contributed by atoms with Gasteiger partial charge in [-0.1, -0.05) is 12.1 Å². The molecule has 0 fully saturated rings. The maximum Gasteiger partial charge on any atom is 0.237 e. The van der Waals surface area contributed by atoms with Gasteiger partial charge in [0.25, 0.3) is 0 Å². The van der Waals surface area contributed by atoms with Gasteiger partial charge < -0.3 is 15.8 Å². The average Bonchev–Trinajstić information content (AvgIpc) is 3.01. The molecule has 1 atom stereocenters. The van der Waals surface area contributed by atoms with E-state index in [9.17, 15) is 4.79 Å². The van der Waals surface area contributed by atoms with Crippen molar-refractivity contribution in [2.45, 2.75) is 52.2 Å². The zero-order valence-corrected chi connectivity index (χ0v) is 18.8. The van der Waals surface area contributed by atoms with Gasteiger partial charge in [0.2, 0.25) is 5.91 Å². The molecular formula is C24H29FN4O2. The van der Waals surface area contributed by atoms with Crippen molar-refractivity contribution >= 4 is 23.2 Å². The first-order valence-electron chi connectivity index (χ1n) is 10.4. The quantitative estimate of drug-likeness (QED) is 0.769. The zero-order valence-electron chi connectivity index (χ0n) is 18.8. The van der Waals surface area contributed by atoms with Gasteiger partial charge in [0.05, 0.1) is 11.1 Å². The van der Waals surface area contributed by atoms with Crippen LogP contribution in [0, 0.1) is 11.2 Å². The van der Waals surface area contributed by atoms with Crippen LogP contribution in [0.2, 0.25) is 0 Å². The Bertz CT molecular complexity index is 1110. The number of nitrogens with zero attached hydrogens (tertiary/aromatic N) is 2. The molecule has 0 aromatic heterocycles. The van der Waals surface area contributed by atoms with E-state index in [1.807, 2.05) is 12.1 Å². The second kappa shape index (κ2) is 6.70. The molecule has 4 rings (SSSR count). The van der Waals surface area contributed by atoms with Crippen molar-refractivity contribution < 1.29 is 13.9 Å². The number of carbonyl (C=O) groups excluding carboxylic acids is 1. The van der Waals surface area contributed by atoms with E-state index in [0.29, 0.717) is 11.3 Å². The number of halogens is 1. The maximum absolute atomic E-state index is 15.1. The highest BCUT2D eigenvalue weighted by molar-refractivity contribution is 6.01. The lowest BCUT2D eigenvalue weighted by molar-refractivity contribution is -0.140. The molecule has 3 N–H and O–H groups in total. The molecule has 0 bridgehead atoms. The van der Waals surface area contributed by atoms with Gasteiger partial charge in [0.15, 0.2) is 5.96 Å². The van der Waals surface area contributed by atoms with E-state index in [4.69, 9.17) is 10.5 Å². The van der Waals surface area contributed by atoms with Crippen LogP contribution in [0.15, 0.2) is 41.4 Å². The Labute approximate surface area is 182 Å². The molecule has 0 radical (unpaired) electrons. The van der Waals surface area contributed by atoms with Crippen LogP contribution in [-0.2, 0) is 16.8 Å². The van der Waals surface area contributed by atoms with Crippen LogP contribution >= 0.6 is 0 Å². The third kappa shape index (κ3) is 3.23. The van der Waals surface area contributed by atoms with Crippen LogP contribution in [-0.4, -0.2) is 29.4 Å². The summed E-state index contributed by atoms with van der Waals surface area (Å²) in [6.07, 6.45) is 0.822. The van der Waals surface area contributed by atoms with E-state index < -0.39 is 16.8 Å². The summed E-state index contributed by atoms with van der Waals surface area (Å²) in [4.78, 5) is 18.8. The Morgan fingerprint density at radius 2 is 1.87 bits per heavy atom. The molecule has 0 saturated carbocycles. The fourth-order valence-electron chi connectivity index (χ4n) is 4.42. The molecule has 164 valence electrons. The summed E-state index contributed by atoms with van der Waals surface area (Å²) < 4.78 is 21.2. The molecule has 0 aliphatic carbocycles. The number of para-hydroxylation sites is 1. The lowest BCUT2D eigenvalue weighted by Gasteiger charge is -2.46. The number of amides is 1. The van der Waals surface area contributed by atoms with Crippen molar-refractivity contribution in [1.82, 2.24) is 4.90 Å². The summed E-state index contributed by atoms with van der Waals surface area (Å²) in [6.45, 7) is 9.38. The Balaban J connectivity index is 1.77. The maximum atomic E-state index is 15.1. The number of benzene rings is 2. The molecule has 6 nitrogen and oxygen atoms in total. The number of aliphatic imine (C=N–C) groups is 1. The van der Waals surface area contributed by atoms with Crippen molar-refractivity contribution in [3.05, 3.63) is 53.3 Å². The average molecular weight is 425 g/mol. The molecule has 0 saturated heterocycles. The first-order valence-corrected chi connectivity index (χ1v) is 10.4. The third-order valence-corrected chi connectivity index (χ3v) is 6.60. The minimum absolute atomic E-state index is 0.0705. The molecule has 1 amide bonds. The molecular weight excluding hydrogens is 395 g/mol. The van der Waals surface area contributed by atoms with E-state index in [1.165, 1.54) is 11.0 Å². The van der Waals surface area contributed by atoms with Gasteiger partial charge in [0.1, 0.15) is 22.7 Å². The number of hydrogen-bond donors (Lipinski definition) is 2. The number of ether oxygens (including phenoxy) is 1. The predicted octanol–water partition coefficient (Wildman–Crippen LogP) is 4.31. The summed E-state index contributed by atoms with van der Waals surface area (Å²) in [7, 11) is 1.58. The second-order valence-corrected chi connectivity index (χ2v) is 9.68. The lowest BCUT2D eigenvalue weighted by Crippen LogP contribution is -2.58. The van der Waals surface area contributed by atoms with Gasteiger partial charge in [-0.25, -0.2) is 9.38 Å². The molecule has 31 heavy (non-hydrogen) atoms. The largest absolute Gasteiger partial charge is 0.485 e. The Kier molecular flexibility index (Phi) is 4.57. The zero-order chi connectivity index (χ0) is 22.8. The molecule has 2 aliphatic heterocycles. The number of nitrogens with one attached hydrogen (secondary N) is 1. The van der Waals surface area contributed by atoms with Gasteiger partial charge >= 0.3 is 0 Å². The van der Waals surface area contributed by atoms with Crippen LogP contribution in [0.3, 0.4) is 0 Å². The van der Waals surface area contributed by atoms with Crippen molar-refractivity contribution in [2.75, 3.05) is 12.4 Å². The van der Waals surface area contributed by atoms with E-state index in [-0.39, 0.29) is 17.5 Å². The minimum atomic E-state index is -1.17. The number of carbonyl (C=O) groups is 1. The lowest BCUT2D eigenvalue weighted by atomic mass is 9.67. The second-order valence-electron chi connectivity index (χ2n) is 9.68. The Hall–Kier alpha value is -3.09. The molecule has 2 aromatic carbocycles. The van der Waals surface area contributed by atoms with Crippen LogP contribution in [0.1, 0.15) is 45.7 Å². The fourth-order valence-corrected chi connectivity index (χ4v) is 4.42. The van der Waals surface area contributed by atoms with Crippen LogP contribution in [0.25, 0.3) is 0 Å². The van der Waals surface area contributed by atoms with Crippen molar-refractivity contribution in [2.24, 2.45) is 16.1 Å². The van der Waals surface area contributed by atoms with Crippen molar-refractivity contribution in [3.8, 4) is 5.75 Å². The monoisotopic (exact) mass is 424 g/mol. The highest BCUT2D eigenvalue weighted by atomic mass is 19.1. The smallest absolute Gasteiger partial charge is 0.237 e. The van der Waals surface area contributed by atoms with Gasteiger partial charge in [-0.3, -0.25) is 9.69 Å². The number of guanidine groups is 1. The van der Waals surface area contributed by atoms with Gasteiger partial charge in [-0.15, -0.1) is 0 Å². The van der Waals surface area contributed by atoms with Crippen LogP contribution in [0.4, 0.5) is 15.8 Å². The molecule has 2 heterocycles. The van der Waals surface area contributed by atoms with E-state index >= 15 is 4.39 Å². The van der Waals surface area contributed by atoms with Crippen LogP contribution in [0.5, 0.6) is 5.75 Å². The standard InChI is InChI=1S/C24H29FN4O2/c1-22(2)13-14-8-7-9-18(19(14)31-22)27-15-10-11-17(25)16(12-15)24(5)23(3,4)20(30)29(6)21(26)28-24/h7-12,27H,13H2,1-6H3,(H2,26,28)/t24-/m1/s1. The Morgan fingerprint density at radius 3 is 2.58 bits per heavy atom. The normalized spacial score (nSPS) is 23.8. The first kappa shape index (κ1) is 21.2. The molecule has 2 aromatic rings. The third-order valence-electron chi connectivity index (χ3n) is 6.60. The van der Waals surface area contributed by atoms with E-state index in [2.05, 4.69) is 30.2 Å². The molecule has 7 heteroatoms. The van der Waals surface area contributed by atoms with Crippen molar-refractivity contribution in [1.29, 1.82) is 0 Å². The number of anilines is 2. The fraction of sp³-hybridized carbons (Fsp3) is 0.417. The number of hydrogen-bond acceptors (Lipinski definition) is 5. The molecule has 0 spiro atoms. The molecule has 2 aliphatic rings. The minimum Gasteiger partial charge on any atom is -0.485 e. The summed E-state index contributed by atoms with van der Waals surface area (Å²) in [5.74, 6) is 0.227. The summed E-state index contributed by atoms with van der Waals surface area (Å²) in [5.41, 5.74) is 6.49. The summed E-state index contributed by atoms with van der Waals surface area (Å²) in [6, 6.07) is 10.7. The highest BCUT2D eigenvalue weighted by Gasteiger charge is 2.53. The van der Waals surface area contributed by atoms with Gasteiger partial charge in [-0.05, 0) is 58.9 Å². The first-order chi connectivity index (χ1) is 14.4. The number of nitrogens with two attached hydrogens (primary N) is 1. The topological polar surface area (TPSA) is 80.0 Å². The van der Waals surface area contributed by atoms with Gasteiger partial charge in [-0.2, -0.15) is 0 Å². The highest BCUT2D eigenvalue weighted by Crippen LogP contribution is 2.48. The van der Waals surface area contributed by atoms with Gasteiger partial charge in [0, 0.05) is 30.3 Å². The van der Waals surface area contributed by atoms with Crippen LogP contribution < -0.4 is 15.8 Å². The number of fused-ring (bicyclic) bond motifs is 1. The van der Waals surface area contributed by atoms with E-state index in [0.717, 1.165) is 23.4 Å². The van der Waals surface area contributed by atoms with E-state index in [1.54, 1.807) is 40.0 Å². The van der Waals surface area contributed by atoms with Crippen molar-refractivity contribution in [3.63, 3.8) is 0 Å². The molecule has 0 unspecified atom stereocenters. The summed E-state index contributed by atoms with van der Waals surface area (Å²) in [5, 5.41) is 3.36. The summed E-state index contributed by atoms with van der Waals surface area (Å²) >= 11 is 0. The SMILES string of the molecule is CN1C(=O)C(C)(C)[C@@](C)(c2cc(Nc3cccc4c3OC(C)(C)C4)ccc2F)N=C1N. The Morgan fingerprint density at radius 1 is 1.16 bits per heavy atom.